The highest BCUT2D eigenvalue weighted by molar-refractivity contribution is 7.19. The molecule has 0 radical (unpaired) electrons. The minimum atomic E-state index is -0.510. The van der Waals surface area contributed by atoms with Gasteiger partial charge < -0.3 is 4.74 Å². The van der Waals surface area contributed by atoms with Gasteiger partial charge in [-0.3, -0.25) is 0 Å². The number of nitriles is 1. The molecule has 0 amide bonds. The number of ether oxygens (including phenoxy) is 1. The molecule has 0 aliphatic rings. The predicted molar refractivity (Wildman–Crippen MR) is 55.8 cm³/mol. The number of nitrogens with zero attached hydrogens (tertiary/aromatic N) is 2. The predicted octanol–water partition coefficient (Wildman–Crippen LogP) is 2.52. The molecule has 2 aromatic rings. The van der Waals surface area contributed by atoms with Gasteiger partial charge in [-0.05, 0) is 18.2 Å². The van der Waals surface area contributed by atoms with E-state index in [4.69, 9.17) is 10.00 Å². The molecule has 0 unspecified atom stereocenters. The number of halogens is 1. The lowest BCUT2D eigenvalue weighted by Crippen LogP contribution is -1.97. The molecule has 0 N–H and O–H groups in total. The van der Waals surface area contributed by atoms with Crippen LogP contribution in [0.4, 0.5) is 4.39 Å². The second-order valence-electron chi connectivity index (χ2n) is 2.80. The topological polar surface area (TPSA) is 45.9 Å². The highest BCUT2D eigenvalue weighted by Crippen LogP contribution is 2.25. The molecule has 1 aromatic heterocycles. The molecule has 0 atom stereocenters. The molecule has 3 nitrogen and oxygen atoms in total. The van der Waals surface area contributed by atoms with Gasteiger partial charge in [0, 0.05) is 0 Å². The molecule has 0 saturated heterocycles. The van der Waals surface area contributed by atoms with Gasteiger partial charge in [0.1, 0.15) is 25.1 Å². The number of thiazole rings is 1. The number of hydrogen-bond acceptors (Lipinski definition) is 4. The molecule has 5 heteroatoms. The van der Waals surface area contributed by atoms with Gasteiger partial charge >= 0.3 is 0 Å². The molecule has 76 valence electrons. The largest absolute Gasteiger partial charge is 0.491 e. The Morgan fingerprint density at radius 3 is 3.13 bits per heavy atom. The Hall–Kier alpha value is -1.67. The zero-order chi connectivity index (χ0) is 10.7. The first-order valence-electron chi connectivity index (χ1n) is 4.33. The van der Waals surface area contributed by atoms with Crippen molar-refractivity contribution in [1.82, 2.24) is 4.98 Å². The SMILES string of the molecule is N#Cc1nc2ccc(OCCF)cc2s1. The van der Waals surface area contributed by atoms with Gasteiger partial charge in [-0.1, -0.05) is 0 Å². The quantitative estimate of drug-likeness (QED) is 0.801. The van der Waals surface area contributed by atoms with Crippen molar-refractivity contribution in [3.05, 3.63) is 23.2 Å². The monoisotopic (exact) mass is 222 g/mol. The summed E-state index contributed by atoms with van der Waals surface area (Å²) in [6.07, 6.45) is 0. The van der Waals surface area contributed by atoms with Crippen molar-refractivity contribution >= 4 is 21.6 Å². The number of benzene rings is 1. The fraction of sp³-hybridized carbons (Fsp3) is 0.200. The lowest BCUT2D eigenvalue weighted by atomic mass is 10.3. The Labute approximate surface area is 89.7 Å². The number of hydrogen-bond donors (Lipinski definition) is 0. The summed E-state index contributed by atoms with van der Waals surface area (Å²) in [5.41, 5.74) is 0.768. The van der Waals surface area contributed by atoms with Crippen LogP contribution in [0, 0.1) is 11.3 Å². The van der Waals surface area contributed by atoms with E-state index < -0.39 is 6.67 Å². The van der Waals surface area contributed by atoms with Crippen LogP contribution >= 0.6 is 11.3 Å². The molecule has 0 aliphatic carbocycles. The average Bonchev–Trinajstić information content (AvgIpc) is 2.68. The highest BCUT2D eigenvalue weighted by atomic mass is 32.1. The molecule has 0 spiro atoms. The Kier molecular flexibility index (Phi) is 2.79. The van der Waals surface area contributed by atoms with Gasteiger partial charge in [0.15, 0.2) is 5.01 Å². The fourth-order valence-electron chi connectivity index (χ4n) is 1.20. The van der Waals surface area contributed by atoms with E-state index in [1.807, 2.05) is 6.07 Å². The van der Waals surface area contributed by atoms with E-state index >= 15 is 0 Å². The summed E-state index contributed by atoms with van der Waals surface area (Å²) in [5, 5.41) is 9.09. The maximum atomic E-state index is 11.9. The van der Waals surface area contributed by atoms with Crippen molar-refractivity contribution in [3.63, 3.8) is 0 Å². The Bertz CT molecular complexity index is 518. The van der Waals surface area contributed by atoms with Crippen molar-refractivity contribution in [1.29, 1.82) is 5.26 Å². The van der Waals surface area contributed by atoms with E-state index in [1.54, 1.807) is 18.2 Å². The maximum Gasteiger partial charge on any atom is 0.195 e. The van der Waals surface area contributed by atoms with E-state index in [0.29, 0.717) is 10.8 Å². The van der Waals surface area contributed by atoms with Crippen LogP contribution in [0.25, 0.3) is 10.2 Å². The summed E-state index contributed by atoms with van der Waals surface area (Å²) in [4.78, 5) is 4.08. The van der Waals surface area contributed by atoms with Crippen LogP contribution < -0.4 is 4.74 Å². The zero-order valence-corrected chi connectivity index (χ0v) is 8.55. The molecule has 0 aliphatic heterocycles. The van der Waals surface area contributed by atoms with Crippen molar-refractivity contribution in [2.75, 3.05) is 13.3 Å². The third kappa shape index (κ3) is 2.05. The average molecular weight is 222 g/mol. The number of rotatable bonds is 3. The Morgan fingerprint density at radius 2 is 2.40 bits per heavy atom. The van der Waals surface area contributed by atoms with Gasteiger partial charge in [-0.2, -0.15) is 5.26 Å². The van der Waals surface area contributed by atoms with Crippen LogP contribution in [-0.2, 0) is 0 Å². The van der Waals surface area contributed by atoms with Gasteiger partial charge in [0.25, 0.3) is 0 Å². The first-order chi connectivity index (χ1) is 7.33. The van der Waals surface area contributed by atoms with Crippen LogP contribution in [-0.4, -0.2) is 18.3 Å². The van der Waals surface area contributed by atoms with Crippen molar-refractivity contribution < 1.29 is 9.13 Å². The summed E-state index contributed by atoms with van der Waals surface area (Å²) in [5.74, 6) is 0.605. The lowest BCUT2D eigenvalue weighted by molar-refractivity contribution is 0.273. The summed E-state index contributed by atoms with van der Waals surface area (Å²) in [6.45, 7) is -0.459. The minimum Gasteiger partial charge on any atom is -0.491 e. The van der Waals surface area contributed by atoms with E-state index in [-0.39, 0.29) is 6.61 Å². The van der Waals surface area contributed by atoms with E-state index in [9.17, 15) is 4.39 Å². The molecule has 0 bridgehead atoms. The molecule has 15 heavy (non-hydrogen) atoms. The first kappa shape index (κ1) is 9.87. The minimum absolute atomic E-state index is 0.0510. The Balaban J connectivity index is 2.34. The number of aromatic nitrogens is 1. The summed E-state index contributed by atoms with van der Waals surface area (Å²) >= 11 is 1.30. The molecule has 0 saturated carbocycles. The molecule has 2 rings (SSSR count). The van der Waals surface area contributed by atoms with Crippen LogP contribution in [0.3, 0.4) is 0 Å². The van der Waals surface area contributed by atoms with Gasteiger partial charge in [-0.25, -0.2) is 9.37 Å². The molecular weight excluding hydrogens is 215 g/mol. The lowest BCUT2D eigenvalue weighted by Gasteiger charge is -2.01. The highest BCUT2D eigenvalue weighted by Gasteiger charge is 2.04. The second-order valence-corrected chi connectivity index (χ2v) is 3.83. The third-order valence-corrected chi connectivity index (χ3v) is 2.72. The van der Waals surface area contributed by atoms with Gasteiger partial charge in [0.05, 0.1) is 10.2 Å². The van der Waals surface area contributed by atoms with Gasteiger partial charge in [-0.15, -0.1) is 11.3 Å². The normalized spacial score (nSPS) is 10.1. The van der Waals surface area contributed by atoms with E-state index in [1.165, 1.54) is 11.3 Å². The van der Waals surface area contributed by atoms with Crippen LogP contribution in [0.1, 0.15) is 5.01 Å². The van der Waals surface area contributed by atoms with E-state index in [2.05, 4.69) is 4.98 Å². The second kappa shape index (κ2) is 4.24. The standard InChI is InChI=1S/C10H7FN2OS/c11-3-4-14-7-1-2-8-9(5-7)15-10(6-12)13-8/h1-2,5H,3-4H2. The van der Waals surface area contributed by atoms with Crippen molar-refractivity contribution in [2.45, 2.75) is 0 Å². The number of alkyl halides is 1. The Morgan fingerprint density at radius 1 is 1.53 bits per heavy atom. The maximum absolute atomic E-state index is 11.9. The molecule has 0 fully saturated rings. The molecule has 1 heterocycles. The van der Waals surface area contributed by atoms with Crippen molar-refractivity contribution in [2.24, 2.45) is 0 Å². The fourth-order valence-corrected chi connectivity index (χ4v) is 1.99. The van der Waals surface area contributed by atoms with Crippen LogP contribution in [0.5, 0.6) is 5.75 Å². The summed E-state index contributed by atoms with van der Waals surface area (Å²) in [6, 6.07) is 7.24. The first-order valence-corrected chi connectivity index (χ1v) is 5.14. The van der Waals surface area contributed by atoms with Gasteiger partial charge in [0.2, 0.25) is 0 Å². The zero-order valence-electron chi connectivity index (χ0n) is 7.74. The number of fused-ring (bicyclic) bond motifs is 1. The smallest absolute Gasteiger partial charge is 0.195 e. The third-order valence-electron chi connectivity index (χ3n) is 1.80. The van der Waals surface area contributed by atoms with Crippen LogP contribution in [0.15, 0.2) is 18.2 Å². The molecular formula is C10H7FN2OS. The summed E-state index contributed by atoms with van der Waals surface area (Å²) < 4.78 is 17.9. The van der Waals surface area contributed by atoms with E-state index in [0.717, 1.165) is 10.2 Å². The van der Waals surface area contributed by atoms with Crippen LogP contribution in [0.2, 0.25) is 0 Å². The molecule has 1 aromatic carbocycles. The van der Waals surface area contributed by atoms with Crippen molar-refractivity contribution in [3.8, 4) is 11.8 Å². The summed E-state index contributed by atoms with van der Waals surface area (Å²) in [7, 11) is 0.